The number of benzene rings is 3. The number of hydrogen-bond acceptors (Lipinski definition) is 3. The highest BCUT2D eigenvalue weighted by Gasteiger charge is 2.27. The van der Waals surface area contributed by atoms with E-state index in [9.17, 15) is 4.79 Å². The van der Waals surface area contributed by atoms with Gasteiger partial charge in [0.25, 0.3) is 5.91 Å². The van der Waals surface area contributed by atoms with Gasteiger partial charge in [0.1, 0.15) is 0 Å². The number of anilines is 2. The number of rotatable bonds is 5. The number of nitrogens with zero attached hydrogens (tertiary/aromatic N) is 1. The number of para-hydroxylation sites is 1. The van der Waals surface area contributed by atoms with Crippen molar-refractivity contribution in [2.75, 3.05) is 10.6 Å². The van der Waals surface area contributed by atoms with Gasteiger partial charge in [0.05, 0.1) is 23.3 Å². The molecule has 0 saturated heterocycles. The van der Waals surface area contributed by atoms with E-state index < -0.39 is 0 Å². The van der Waals surface area contributed by atoms with Gasteiger partial charge in [-0.1, -0.05) is 60.7 Å². The summed E-state index contributed by atoms with van der Waals surface area (Å²) in [6.45, 7) is 0. The van der Waals surface area contributed by atoms with E-state index in [0.717, 1.165) is 40.3 Å². The standard InChI is InChI=1S/C25H20N4O/c30-25-23(21-8-4-5-9-22(21)29-25)24(18-6-2-1-3-7-18)28-19-12-10-17(11-13-19)14-20-15-26-16-27-20/h1-13,15-16,28H,14H2,(H,26,27)(H,29,30). The molecule has 0 fully saturated rings. The van der Waals surface area contributed by atoms with Crippen molar-refractivity contribution in [2.24, 2.45) is 0 Å². The van der Waals surface area contributed by atoms with Crippen LogP contribution in [0.2, 0.25) is 0 Å². The highest BCUT2D eigenvalue weighted by Crippen LogP contribution is 2.37. The Kier molecular flexibility index (Phi) is 4.62. The van der Waals surface area contributed by atoms with Crippen LogP contribution in [0.1, 0.15) is 22.4 Å². The van der Waals surface area contributed by atoms with Crippen LogP contribution in [0.5, 0.6) is 0 Å². The van der Waals surface area contributed by atoms with Gasteiger partial charge in [0, 0.05) is 29.6 Å². The molecule has 0 bridgehead atoms. The van der Waals surface area contributed by atoms with Gasteiger partial charge < -0.3 is 15.6 Å². The van der Waals surface area contributed by atoms with E-state index in [-0.39, 0.29) is 5.91 Å². The van der Waals surface area contributed by atoms with Crippen molar-refractivity contribution >= 4 is 28.6 Å². The van der Waals surface area contributed by atoms with Crippen LogP contribution in [-0.2, 0) is 11.2 Å². The molecule has 1 aliphatic rings. The molecule has 0 unspecified atom stereocenters. The topological polar surface area (TPSA) is 69.8 Å². The third-order valence-corrected chi connectivity index (χ3v) is 5.15. The summed E-state index contributed by atoms with van der Waals surface area (Å²) in [7, 11) is 0. The number of fused-ring (bicyclic) bond motifs is 1. The Hall–Kier alpha value is -4.12. The summed E-state index contributed by atoms with van der Waals surface area (Å²) in [6, 6.07) is 25.9. The third-order valence-electron chi connectivity index (χ3n) is 5.15. The highest BCUT2D eigenvalue weighted by molar-refractivity contribution is 6.37. The first-order valence-electron chi connectivity index (χ1n) is 9.82. The van der Waals surface area contributed by atoms with Gasteiger partial charge in [-0.3, -0.25) is 4.79 Å². The number of hydrogen-bond donors (Lipinski definition) is 3. The predicted molar refractivity (Wildman–Crippen MR) is 120 cm³/mol. The average molecular weight is 392 g/mol. The second-order valence-corrected chi connectivity index (χ2v) is 7.17. The van der Waals surface area contributed by atoms with Crippen LogP contribution in [0.3, 0.4) is 0 Å². The molecule has 0 radical (unpaired) electrons. The van der Waals surface area contributed by atoms with E-state index in [0.29, 0.717) is 5.57 Å². The molecule has 0 saturated carbocycles. The monoisotopic (exact) mass is 392 g/mol. The maximum absolute atomic E-state index is 12.8. The molecule has 4 aromatic rings. The Morgan fingerprint density at radius 1 is 0.900 bits per heavy atom. The van der Waals surface area contributed by atoms with Crippen molar-refractivity contribution in [3.05, 3.63) is 114 Å². The maximum Gasteiger partial charge on any atom is 0.258 e. The fourth-order valence-electron chi connectivity index (χ4n) is 3.70. The first-order valence-corrected chi connectivity index (χ1v) is 9.82. The van der Waals surface area contributed by atoms with Crippen LogP contribution < -0.4 is 10.6 Å². The van der Waals surface area contributed by atoms with E-state index in [1.54, 1.807) is 6.33 Å². The van der Waals surface area contributed by atoms with Gasteiger partial charge in [0.15, 0.2) is 0 Å². The zero-order valence-electron chi connectivity index (χ0n) is 16.2. The van der Waals surface area contributed by atoms with Crippen molar-refractivity contribution in [1.82, 2.24) is 9.97 Å². The fraction of sp³-hybridized carbons (Fsp3) is 0.0400. The number of imidazole rings is 1. The number of aromatic amines is 1. The lowest BCUT2D eigenvalue weighted by Gasteiger charge is -2.15. The normalized spacial score (nSPS) is 14.2. The Bertz CT molecular complexity index is 1210. The molecule has 3 N–H and O–H groups in total. The first-order chi connectivity index (χ1) is 14.8. The van der Waals surface area contributed by atoms with E-state index in [2.05, 4.69) is 32.7 Å². The second kappa shape index (κ2) is 7.72. The summed E-state index contributed by atoms with van der Waals surface area (Å²) in [4.78, 5) is 20.1. The molecule has 146 valence electrons. The number of nitrogens with one attached hydrogen (secondary N) is 3. The fourth-order valence-corrected chi connectivity index (χ4v) is 3.70. The summed E-state index contributed by atoms with van der Waals surface area (Å²) < 4.78 is 0. The lowest BCUT2D eigenvalue weighted by molar-refractivity contribution is -0.110. The molecular weight excluding hydrogens is 372 g/mol. The smallest absolute Gasteiger partial charge is 0.258 e. The first kappa shape index (κ1) is 17.9. The van der Waals surface area contributed by atoms with Crippen molar-refractivity contribution in [3.63, 3.8) is 0 Å². The van der Waals surface area contributed by atoms with Crippen molar-refractivity contribution < 1.29 is 4.79 Å². The quantitative estimate of drug-likeness (QED) is 0.422. The van der Waals surface area contributed by atoms with E-state index in [4.69, 9.17) is 0 Å². The molecule has 0 atom stereocenters. The summed E-state index contributed by atoms with van der Waals surface area (Å²) >= 11 is 0. The van der Waals surface area contributed by atoms with E-state index in [1.807, 2.05) is 72.9 Å². The summed E-state index contributed by atoms with van der Waals surface area (Å²) in [6.07, 6.45) is 4.36. The van der Waals surface area contributed by atoms with E-state index >= 15 is 0 Å². The van der Waals surface area contributed by atoms with Crippen molar-refractivity contribution in [3.8, 4) is 0 Å². The minimum atomic E-state index is -0.0993. The maximum atomic E-state index is 12.8. The largest absolute Gasteiger partial charge is 0.354 e. The highest BCUT2D eigenvalue weighted by atomic mass is 16.2. The number of aromatic nitrogens is 2. The van der Waals surface area contributed by atoms with Crippen LogP contribution >= 0.6 is 0 Å². The van der Waals surface area contributed by atoms with Gasteiger partial charge in [-0.25, -0.2) is 4.98 Å². The lowest BCUT2D eigenvalue weighted by Crippen LogP contribution is -2.10. The predicted octanol–water partition coefficient (Wildman–Crippen LogP) is 4.93. The van der Waals surface area contributed by atoms with Gasteiger partial charge in [0.2, 0.25) is 0 Å². The second-order valence-electron chi connectivity index (χ2n) is 7.17. The summed E-state index contributed by atoms with van der Waals surface area (Å²) in [5.74, 6) is -0.0993. The molecule has 1 amide bonds. The number of H-pyrrole nitrogens is 1. The van der Waals surface area contributed by atoms with E-state index in [1.165, 1.54) is 5.56 Å². The minimum absolute atomic E-state index is 0.0993. The molecule has 5 heteroatoms. The number of carbonyl (C=O) groups excluding carboxylic acids is 1. The summed E-state index contributed by atoms with van der Waals surface area (Å²) in [5.41, 5.74) is 7.23. The molecule has 0 spiro atoms. The Labute approximate surface area is 174 Å². The summed E-state index contributed by atoms with van der Waals surface area (Å²) in [5, 5.41) is 6.46. The van der Waals surface area contributed by atoms with Crippen LogP contribution in [0.4, 0.5) is 11.4 Å². The van der Waals surface area contributed by atoms with Crippen LogP contribution in [0.15, 0.2) is 91.4 Å². The molecule has 5 nitrogen and oxygen atoms in total. The van der Waals surface area contributed by atoms with Crippen LogP contribution in [-0.4, -0.2) is 15.9 Å². The molecule has 30 heavy (non-hydrogen) atoms. The lowest BCUT2D eigenvalue weighted by atomic mass is 10.00. The molecule has 5 rings (SSSR count). The number of amides is 1. The Morgan fingerprint density at radius 2 is 1.67 bits per heavy atom. The number of carbonyl (C=O) groups is 1. The third kappa shape index (κ3) is 3.49. The van der Waals surface area contributed by atoms with Gasteiger partial charge >= 0.3 is 0 Å². The van der Waals surface area contributed by atoms with Gasteiger partial charge in [-0.2, -0.15) is 0 Å². The van der Waals surface area contributed by atoms with Crippen LogP contribution in [0.25, 0.3) is 11.3 Å². The molecular formula is C25H20N4O. The molecule has 1 aromatic heterocycles. The molecule has 0 aliphatic carbocycles. The van der Waals surface area contributed by atoms with Crippen molar-refractivity contribution in [2.45, 2.75) is 6.42 Å². The molecule has 2 heterocycles. The van der Waals surface area contributed by atoms with Crippen molar-refractivity contribution in [1.29, 1.82) is 0 Å². The Balaban J connectivity index is 1.52. The van der Waals surface area contributed by atoms with Crippen LogP contribution in [0, 0.1) is 0 Å². The minimum Gasteiger partial charge on any atom is -0.354 e. The zero-order valence-corrected chi connectivity index (χ0v) is 16.2. The average Bonchev–Trinajstić information content (AvgIpc) is 3.41. The van der Waals surface area contributed by atoms with Gasteiger partial charge in [-0.05, 0) is 29.3 Å². The Morgan fingerprint density at radius 3 is 2.43 bits per heavy atom. The molecule has 1 aliphatic heterocycles. The SMILES string of the molecule is O=C1Nc2ccccc2C1=C(Nc1ccc(Cc2c[nH]cn2)cc1)c1ccccc1. The van der Waals surface area contributed by atoms with Gasteiger partial charge in [-0.15, -0.1) is 0 Å². The zero-order chi connectivity index (χ0) is 20.3. The molecule has 3 aromatic carbocycles.